The normalized spacial score (nSPS) is 12.0. The highest BCUT2D eigenvalue weighted by Gasteiger charge is 2.17. The van der Waals surface area contributed by atoms with Crippen LogP contribution in [0.15, 0.2) is 36.4 Å². The lowest BCUT2D eigenvalue weighted by molar-refractivity contribution is -0.122. The second-order valence-corrected chi connectivity index (χ2v) is 7.39. The number of halogens is 2. The summed E-state index contributed by atoms with van der Waals surface area (Å²) in [7, 11) is 5.10. The second-order valence-electron chi connectivity index (χ2n) is 6.55. The van der Waals surface area contributed by atoms with Crippen molar-refractivity contribution >= 4 is 29.1 Å². The smallest absolute Gasteiger partial charge is 0.234 e. The molecule has 0 radical (unpaired) electrons. The van der Waals surface area contributed by atoms with Gasteiger partial charge in [0, 0.05) is 22.6 Å². The summed E-state index contributed by atoms with van der Waals surface area (Å²) in [5.41, 5.74) is 2.00. The molecule has 0 heterocycles. The topological polar surface area (TPSA) is 50.8 Å². The third-order valence-electron chi connectivity index (χ3n) is 4.65. The predicted molar refractivity (Wildman–Crippen MR) is 114 cm³/mol. The van der Waals surface area contributed by atoms with Gasteiger partial charge in [-0.05, 0) is 55.8 Å². The van der Waals surface area contributed by atoms with Gasteiger partial charge in [-0.2, -0.15) is 0 Å². The van der Waals surface area contributed by atoms with Crippen LogP contribution in [0.25, 0.3) is 0 Å². The first-order valence-electron chi connectivity index (χ1n) is 8.98. The maximum Gasteiger partial charge on any atom is 0.234 e. The van der Waals surface area contributed by atoms with Crippen molar-refractivity contribution in [1.29, 1.82) is 0 Å². The number of hydrogen-bond donors (Lipinski definition) is 1. The number of benzene rings is 2. The minimum Gasteiger partial charge on any atom is -0.493 e. The Kier molecular flexibility index (Phi) is 8.42. The van der Waals surface area contributed by atoms with Crippen LogP contribution in [0, 0.1) is 0 Å². The molecule has 0 bridgehead atoms. The summed E-state index contributed by atoms with van der Waals surface area (Å²) >= 11 is 12.2. The molecule has 1 amide bonds. The summed E-state index contributed by atoms with van der Waals surface area (Å²) < 4.78 is 10.5. The lowest BCUT2D eigenvalue weighted by Gasteiger charge is -2.25. The van der Waals surface area contributed by atoms with Gasteiger partial charge in [0.15, 0.2) is 11.5 Å². The van der Waals surface area contributed by atoms with Crippen molar-refractivity contribution in [1.82, 2.24) is 10.2 Å². The van der Waals surface area contributed by atoms with Crippen LogP contribution in [0.2, 0.25) is 10.0 Å². The molecule has 2 aromatic carbocycles. The molecule has 0 aliphatic heterocycles. The highest BCUT2D eigenvalue weighted by atomic mass is 35.5. The highest BCUT2D eigenvalue weighted by molar-refractivity contribution is 6.35. The number of likely N-dealkylation sites (N-methyl/N-ethyl adjacent to an activating group) is 1. The van der Waals surface area contributed by atoms with Crippen LogP contribution in [-0.2, 0) is 11.2 Å². The summed E-state index contributed by atoms with van der Waals surface area (Å²) in [6.45, 7) is 2.82. The molecular formula is C21H26Cl2N2O3. The third kappa shape index (κ3) is 6.03. The van der Waals surface area contributed by atoms with Crippen LogP contribution in [0.4, 0.5) is 0 Å². The van der Waals surface area contributed by atoms with Gasteiger partial charge in [-0.25, -0.2) is 0 Å². The zero-order chi connectivity index (χ0) is 20.7. The Morgan fingerprint density at radius 2 is 1.82 bits per heavy atom. The van der Waals surface area contributed by atoms with Gasteiger partial charge in [-0.1, -0.05) is 35.3 Å². The first-order chi connectivity index (χ1) is 13.3. The largest absolute Gasteiger partial charge is 0.493 e. The molecule has 2 rings (SSSR count). The summed E-state index contributed by atoms with van der Waals surface area (Å²) in [6, 6.07) is 11.1. The average molecular weight is 425 g/mol. The van der Waals surface area contributed by atoms with Gasteiger partial charge in [0.1, 0.15) is 0 Å². The number of carbonyl (C=O) groups excluding carboxylic acids is 1. The van der Waals surface area contributed by atoms with E-state index in [1.54, 1.807) is 26.4 Å². The number of nitrogens with zero attached hydrogens (tertiary/aromatic N) is 1. The number of nitrogens with one attached hydrogen (secondary N) is 1. The third-order valence-corrected chi connectivity index (χ3v) is 5.21. The number of methoxy groups -OCH3 is 2. The molecule has 1 atom stereocenters. The first-order valence-corrected chi connectivity index (χ1v) is 9.74. The van der Waals surface area contributed by atoms with Crippen molar-refractivity contribution in [2.45, 2.75) is 19.4 Å². The van der Waals surface area contributed by atoms with E-state index in [9.17, 15) is 4.79 Å². The molecule has 0 saturated carbocycles. The van der Waals surface area contributed by atoms with Crippen LogP contribution < -0.4 is 14.8 Å². The molecule has 1 unspecified atom stereocenters. The SMILES string of the molecule is COc1ccc(CCNC(=O)CN(C)C(C)c2ccc(Cl)cc2Cl)cc1OC. The van der Waals surface area contributed by atoms with Crippen LogP contribution in [0.1, 0.15) is 24.1 Å². The maximum atomic E-state index is 12.3. The van der Waals surface area contributed by atoms with E-state index < -0.39 is 0 Å². The lowest BCUT2D eigenvalue weighted by atomic mass is 10.1. The van der Waals surface area contributed by atoms with E-state index in [0.717, 1.165) is 11.1 Å². The van der Waals surface area contributed by atoms with Gasteiger partial charge in [0.05, 0.1) is 20.8 Å². The summed E-state index contributed by atoms with van der Waals surface area (Å²) in [5, 5.41) is 4.14. The Balaban J connectivity index is 1.85. The van der Waals surface area contributed by atoms with E-state index in [4.69, 9.17) is 32.7 Å². The van der Waals surface area contributed by atoms with E-state index in [2.05, 4.69) is 5.32 Å². The summed E-state index contributed by atoms with van der Waals surface area (Å²) in [6.07, 6.45) is 0.703. The van der Waals surface area contributed by atoms with Gasteiger partial charge in [-0.3, -0.25) is 9.69 Å². The molecule has 0 fully saturated rings. The van der Waals surface area contributed by atoms with Crippen molar-refractivity contribution < 1.29 is 14.3 Å². The molecule has 2 aromatic rings. The van der Waals surface area contributed by atoms with Gasteiger partial charge in [-0.15, -0.1) is 0 Å². The number of hydrogen-bond acceptors (Lipinski definition) is 4. The summed E-state index contributed by atoms with van der Waals surface area (Å²) in [4.78, 5) is 14.2. The quantitative estimate of drug-likeness (QED) is 0.649. The van der Waals surface area contributed by atoms with Gasteiger partial charge >= 0.3 is 0 Å². The Bertz CT molecular complexity index is 814. The monoisotopic (exact) mass is 424 g/mol. The Labute approximate surface area is 176 Å². The summed E-state index contributed by atoms with van der Waals surface area (Å²) in [5.74, 6) is 1.33. The molecule has 7 heteroatoms. The molecule has 5 nitrogen and oxygen atoms in total. The minimum atomic E-state index is -0.0417. The van der Waals surface area contributed by atoms with Crippen molar-refractivity contribution in [3.63, 3.8) is 0 Å². The zero-order valence-electron chi connectivity index (χ0n) is 16.6. The number of carbonyl (C=O) groups is 1. The van der Waals surface area contributed by atoms with E-state index in [-0.39, 0.29) is 18.5 Å². The van der Waals surface area contributed by atoms with Crippen molar-refractivity contribution in [3.05, 3.63) is 57.6 Å². The minimum absolute atomic E-state index is 0.0126. The van der Waals surface area contributed by atoms with Crippen molar-refractivity contribution in [2.24, 2.45) is 0 Å². The molecule has 0 aromatic heterocycles. The standard InChI is InChI=1S/C21H26Cl2N2O3/c1-14(17-7-6-16(22)12-18(17)23)25(2)13-21(26)24-10-9-15-5-8-19(27-3)20(11-15)28-4/h5-8,11-12,14H,9-10,13H2,1-4H3,(H,24,26). The van der Waals surface area contributed by atoms with Crippen LogP contribution in [0.5, 0.6) is 11.5 Å². The van der Waals surface area contributed by atoms with Crippen LogP contribution in [0.3, 0.4) is 0 Å². The van der Waals surface area contributed by atoms with Gasteiger partial charge < -0.3 is 14.8 Å². The van der Waals surface area contributed by atoms with E-state index in [1.807, 2.05) is 43.1 Å². The fourth-order valence-electron chi connectivity index (χ4n) is 2.88. The molecule has 0 spiro atoms. The molecule has 0 aliphatic carbocycles. The van der Waals surface area contributed by atoms with E-state index in [0.29, 0.717) is 34.5 Å². The van der Waals surface area contributed by atoms with Crippen molar-refractivity contribution in [2.75, 3.05) is 34.4 Å². The average Bonchev–Trinajstić information content (AvgIpc) is 2.67. The fourth-order valence-corrected chi connectivity index (χ4v) is 3.45. The lowest BCUT2D eigenvalue weighted by Crippen LogP contribution is -2.37. The molecule has 28 heavy (non-hydrogen) atoms. The Morgan fingerprint density at radius 3 is 2.46 bits per heavy atom. The van der Waals surface area contributed by atoms with Crippen LogP contribution >= 0.6 is 23.2 Å². The van der Waals surface area contributed by atoms with Crippen LogP contribution in [-0.4, -0.2) is 45.2 Å². The highest BCUT2D eigenvalue weighted by Crippen LogP contribution is 2.29. The predicted octanol–water partition coefficient (Wildman–Crippen LogP) is 4.36. The van der Waals surface area contributed by atoms with Gasteiger partial charge in [0.25, 0.3) is 0 Å². The van der Waals surface area contributed by atoms with Crippen molar-refractivity contribution in [3.8, 4) is 11.5 Å². The molecule has 0 aliphatic rings. The van der Waals surface area contributed by atoms with E-state index >= 15 is 0 Å². The van der Waals surface area contributed by atoms with Gasteiger partial charge in [0.2, 0.25) is 5.91 Å². The molecular weight excluding hydrogens is 399 g/mol. The number of rotatable bonds is 9. The Morgan fingerprint density at radius 1 is 1.11 bits per heavy atom. The molecule has 1 N–H and O–H groups in total. The van der Waals surface area contributed by atoms with E-state index in [1.165, 1.54) is 0 Å². The number of ether oxygens (including phenoxy) is 2. The first kappa shape index (κ1) is 22.3. The second kappa shape index (κ2) is 10.6. The molecule has 0 saturated heterocycles. The zero-order valence-corrected chi connectivity index (χ0v) is 18.1. The fraction of sp³-hybridized carbons (Fsp3) is 0.381. The molecule has 152 valence electrons. The maximum absolute atomic E-state index is 12.3. The Hall–Kier alpha value is -1.95. The number of amides is 1.